The molecule has 3 heteroatoms. The summed E-state index contributed by atoms with van der Waals surface area (Å²) in [6.45, 7) is 8.00. The SMILES string of the molecule is CC.CC.O=C(O)c1cccc(-c2cc3ccccc3cn2)c1. The number of aromatic nitrogens is 1. The number of hydrogen-bond acceptors (Lipinski definition) is 2. The van der Waals surface area contributed by atoms with E-state index in [9.17, 15) is 4.79 Å². The first-order valence-corrected chi connectivity index (χ1v) is 7.92. The first-order chi connectivity index (χ1) is 11.2. The van der Waals surface area contributed by atoms with Crippen molar-refractivity contribution in [1.82, 2.24) is 4.98 Å². The van der Waals surface area contributed by atoms with E-state index in [1.807, 2.05) is 64.1 Å². The molecule has 0 radical (unpaired) electrons. The predicted octanol–water partition coefficient (Wildman–Crippen LogP) is 5.65. The Morgan fingerprint density at radius 3 is 2.17 bits per heavy atom. The lowest BCUT2D eigenvalue weighted by atomic mass is 10.1. The summed E-state index contributed by atoms with van der Waals surface area (Å²) < 4.78 is 0. The van der Waals surface area contributed by atoms with Crippen molar-refractivity contribution in [2.24, 2.45) is 0 Å². The molecule has 1 N–H and O–H groups in total. The summed E-state index contributed by atoms with van der Waals surface area (Å²) in [6, 6.07) is 16.7. The molecule has 3 rings (SSSR count). The quantitative estimate of drug-likeness (QED) is 0.665. The number of carboxylic acid groups (broad SMARTS) is 1. The number of nitrogens with zero attached hydrogens (tertiary/aromatic N) is 1. The second-order valence-corrected chi connectivity index (χ2v) is 4.30. The Morgan fingerprint density at radius 2 is 1.52 bits per heavy atom. The Morgan fingerprint density at radius 1 is 0.870 bits per heavy atom. The van der Waals surface area contributed by atoms with Gasteiger partial charge >= 0.3 is 5.97 Å². The molecule has 2 aromatic carbocycles. The van der Waals surface area contributed by atoms with Crippen molar-refractivity contribution in [2.45, 2.75) is 27.7 Å². The van der Waals surface area contributed by atoms with Crippen LogP contribution in [0.2, 0.25) is 0 Å². The van der Waals surface area contributed by atoms with E-state index in [0.717, 1.165) is 22.0 Å². The number of hydrogen-bond donors (Lipinski definition) is 1. The van der Waals surface area contributed by atoms with Crippen LogP contribution < -0.4 is 0 Å². The number of fused-ring (bicyclic) bond motifs is 1. The molecular formula is C20H23NO2. The van der Waals surface area contributed by atoms with Gasteiger partial charge < -0.3 is 5.11 Å². The lowest BCUT2D eigenvalue weighted by Crippen LogP contribution is -1.96. The third-order valence-corrected chi connectivity index (χ3v) is 3.04. The summed E-state index contributed by atoms with van der Waals surface area (Å²) in [5.74, 6) is -0.928. The highest BCUT2D eigenvalue weighted by Gasteiger charge is 2.06. The minimum Gasteiger partial charge on any atom is -0.478 e. The molecule has 0 amide bonds. The third-order valence-electron chi connectivity index (χ3n) is 3.04. The van der Waals surface area contributed by atoms with E-state index in [0.29, 0.717) is 0 Å². The van der Waals surface area contributed by atoms with E-state index in [1.165, 1.54) is 0 Å². The summed E-state index contributed by atoms with van der Waals surface area (Å²) >= 11 is 0. The van der Waals surface area contributed by atoms with E-state index in [1.54, 1.807) is 24.4 Å². The van der Waals surface area contributed by atoms with E-state index in [-0.39, 0.29) is 5.56 Å². The van der Waals surface area contributed by atoms with Crippen LogP contribution in [0.5, 0.6) is 0 Å². The average molecular weight is 309 g/mol. The predicted molar refractivity (Wildman–Crippen MR) is 96.8 cm³/mol. The van der Waals surface area contributed by atoms with Crippen molar-refractivity contribution in [3.05, 3.63) is 66.4 Å². The van der Waals surface area contributed by atoms with Crippen LogP contribution in [0.15, 0.2) is 60.8 Å². The molecular weight excluding hydrogens is 286 g/mol. The maximum absolute atomic E-state index is 11.0. The highest BCUT2D eigenvalue weighted by atomic mass is 16.4. The third kappa shape index (κ3) is 4.65. The van der Waals surface area contributed by atoms with Crippen molar-refractivity contribution in [3.8, 4) is 11.3 Å². The normalized spacial score (nSPS) is 9.22. The largest absolute Gasteiger partial charge is 0.478 e. The van der Waals surface area contributed by atoms with Crippen LogP contribution in [0.4, 0.5) is 0 Å². The van der Waals surface area contributed by atoms with Crippen molar-refractivity contribution in [3.63, 3.8) is 0 Å². The highest BCUT2D eigenvalue weighted by Crippen LogP contribution is 2.22. The molecule has 23 heavy (non-hydrogen) atoms. The molecule has 0 bridgehead atoms. The monoisotopic (exact) mass is 309 g/mol. The van der Waals surface area contributed by atoms with Crippen LogP contribution in [-0.2, 0) is 0 Å². The number of benzene rings is 2. The topological polar surface area (TPSA) is 50.2 Å². The number of aromatic carboxylic acids is 1. The van der Waals surface area contributed by atoms with Gasteiger partial charge in [-0.15, -0.1) is 0 Å². The molecule has 0 saturated heterocycles. The summed E-state index contributed by atoms with van der Waals surface area (Å²) in [4.78, 5) is 15.4. The fourth-order valence-electron chi connectivity index (χ4n) is 2.05. The molecule has 0 unspecified atom stereocenters. The summed E-state index contributed by atoms with van der Waals surface area (Å²) in [6.07, 6.45) is 1.80. The van der Waals surface area contributed by atoms with E-state index >= 15 is 0 Å². The molecule has 0 fully saturated rings. The number of carboxylic acids is 1. The summed E-state index contributed by atoms with van der Waals surface area (Å²) in [5, 5.41) is 11.2. The fourth-order valence-corrected chi connectivity index (χ4v) is 2.05. The molecule has 3 nitrogen and oxygen atoms in total. The zero-order chi connectivity index (χ0) is 17.2. The van der Waals surface area contributed by atoms with Gasteiger partial charge in [0.2, 0.25) is 0 Å². The number of rotatable bonds is 2. The van der Waals surface area contributed by atoms with Crippen LogP contribution in [0.25, 0.3) is 22.0 Å². The van der Waals surface area contributed by atoms with Gasteiger partial charge in [-0.1, -0.05) is 64.1 Å². The number of pyridine rings is 1. The molecule has 0 aliphatic heterocycles. The maximum Gasteiger partial charge on any atom is 0.335 e. The summed E-state index contributed by atoms with van der Waals surface area (Å²) in [7, 11) is 0. The Hall–Kier alpha value is -2.68. The first kappa shape index (κ1) is 18.4. The average Bonchev–Trinajstić information content (AvgIpc) is 2.64. The van der Waals surface area contributed by atoms with Crippen molar-refractivity contribution >= 4 is 16.7 Å². The standard InChI is InChI=1S/C16H11NO2.2C2H6/c18-16(19)13-7-3-6-12(8-13)15-9-11-4-1-2-5-14(11)10-17-15;2*1-2/h1-10H,(H,18,19);2*1-2H3. The molecule has 0 aliphatic carbocycles. The van der Waals surface area contributed by atoms with Gasteiger partial charge in [0.25, 0.3) is 0 Å². The van der Waals surface area contributed by atoms with Gasteiger partial charge in [0.1, 0.15) is 0 Å². The second-order valence-electron chi connectivity index (χ2n) is 4.30. The molecule has 1 heterocycles. The van der Waals surface area contributed by atoms with Gasteiger partial charge in [0.15, 0.2) is 0 Å². The number of carbonyl (C=O) groups is 1. The molecule has 0 saturated carbocycles. The van der Waals surface area contributed by atoms with Crippen LogP contribution >= 0.6 is 0 Å². The lowest BCUT2D eigenvalue weighted by Gasteiger charge is -2.04. The van der Waals surface area contributed by atoms with Gasteiger partial charge in [-0.3, -0.25) is 4.98 Å². The molecule has 0 aliphatic rings. The van der Waals surface area contributed by atoms with E-state index < -0.39 is 5.97 Å². The molecule has 0 spiro atoms. The molecule has 0 atom stereocenters. The molecule has 1 aromatic heterocycles. The Labute approximate surface area is 137 Å². The highest BCUT2D eigenvalue weighted by molar-refractivity contribution is 5.90. The fraction of sp³-hybridized carbons (Fsp3) is 0.200. The Kier molecular flexibility index (Phi) is 7.48. The summed E-state index contributed by atoms with van der Waals surface area (Å²) in [5.41, 5.74) is 1.86. The van der Waals surface area contributed by atoms with E-state index in [4.69, 9.17) is 5.11 Å². The minimum atomic E-state index is -0.928. The van der Waals surface area contributed by atoms with Gasteiger partial charge in [-0.05, 0) is 23.6 Å². The Bertz CT molecular complexity index is 766. The van der Waals surface area contributed by atoms with Gasteiger partial charge in [-0.25, -0.2) is 4.79 Å². The van der Waals surface area contributed by atoms with Crippen LogP contribution in [0.3, 0.4) is 0 Å². The second kappa shape index (κ2) is 9.36. The van der Waals surface area contributed by atoms with Crippen molar-refractivity contribution in [2.75, 3.05) is 0 Å². The van der Waals surface area contributed by atoms with Crippen molar-refractivity contribution < 1.29 is 9.90 Å². The minimum absolute atomic E-state index is 0.271. The maximum atomic E-state index is 11.0. The molecule has 3 aromatic rings. The van der Waals surface area contributed by atoms with E-state index in [2.05, 4.69) is 4.98 Å². The lowest BCUT2D eigenvalue weighted by molar-refractivity contribution is 0.0697. The van der Waals surface area contributed by atoms with Gasteiger partial charge in [0.05, 0.1) is 11.3 Å². The van der Waals surface area contributed by atoms with Crippen LogP contribution in [0, 0.1) is 0 Å². The smallest absolute Gasteiger partial charge is 0.335 e. The van der Waals surface area contributed by atoms with Crippen LogP contribution in [-0.4, -0.2) is 16.1 Å². The molecule has 120 valence electrons. The van der Waals surface area contributed by atoms with Gasteiger partial charge in [-0.2, -0.15) is 0 Å². The zero-order valence-electron chi connectivity index (χ0n) is 14.1. The Balaban J connectivity index is 0.000000615. The van der Waals surface area contributed by atoms with Gasteiger partial charge in [0, 0.05) is 17.1 Å². The van der Waals surface area contributed by atoms with Crippen LogP contribution in [0.1, 0.15) is 38.1 Å². The zero-order valence-corrected chi connectivity index (χ0v) is 14.1. The van der Waals surface area contributed by atoms with Crippen molar-refractivity contribution in [1.29, 1.82) is 0 Å². The first-order valence-electron chi connectivity index (χ1n) is 7.92.